The summed E-state index contributed by atoms with van der Waals surface area (Å²) in [6, 6.07) is 10.1. The number of aromatic nitrogens is 6. The van der Waals surface area contributed by atoms with Gasteiger partial charge in [0, 0.05) is 68.0 Å². The highest BCUT2D eigenvalue weighted by molar-refractivity contribution is 5.93. The zero-order chi connectivity index (χ0) is 35.1. The lowest BCUT2D eigenvalue weighted by Gasteiger charge is -2.37. The second-order valence-electron chi connectivity index (χ2n) is 14.4. The van der Waals surface area contributed by atoms with Crippen LogP contribution >= 0.6 is 0 Å². The summed E-state index contributed by atoms with van der Waals surface area (Å²) in [5.74, 6) is 3.13. The summed E-state index contributed by atoms with van der Waals surface area (Å²) >= 11 is 0. The minimum absolute atomic E-state index is 0.00765. The molecule has 0 radical (unpaired) electrons. The van der Waals surface area contributed by atoms with Gasteiger partial charge >= 0.3 is 0 Å². The second kappa shape index (κ2) is 16.1. The fourth-order valence-electron chi connectivity index (χ4n) is 6.70. The normalized spacial score (nSPS) is 18.7. The monoisotopic (exact) mass is 679 g/mol. The lowest BCUT2D eigenvalue weighted by atomic mass is 9.83. The average molecular weight is 680 g/mol. The predicted molar refractivity (Wildman–Crippen MR) is 191 cm³/mol. The van der Waals surface area contributed by atoms with Crippen LogP contribution in [0.2, 0.25) is 0 Å². The minimum atomic E-state index is -0.135. The Kier molecular flexibility index (Phi) is 11.4. The van der Waals surface area contributed by atoms with E-state index in [1.165, 1.54) is 0 Å². The summed E-state index contributed by atoms with van der Waals surface area (Å²) in [4.78, 5) is 44.2. The summed E-state index contributed by atoms with van der Waals surface area (Å²) in [6.07, 6.45) is 14.3. The van der Waals surface area contributed by atoms with Gasteiger partial charge in [-0.3, -0.25) is 14.7 Å². The number of carbonyl (C=O) groups is 1. The van der Waals surface area contributed by atoms with Crippen molar-refractivity contribution < 1.29 is 19.0 Å². The van der Waals surface area contributed by atoms with E-state index in [-0.39, 0.29) is 29.4 Å². The number of benzene rings is 1. The Bertz CT molecular complexity index is 1680. The predicted octanol–water partition coefficient (Wildman–Crippen LogP) is 6.32. The first kappa shape index (κ1) is 35.5. The molecule has 6 rings (SSSR count). The van der Waals surface area contributed by atoms with Gasteiger partial charge in [-0.15, -0.1) is 0 Å². The van der Waals surface area contributed by atoms with Crippen LogP contribution in [-0.4, -0.2) is 74.9 Å². The molecule has 1 aromatic carbocycles. The van der Waals surface area contributed by atoms with Crippen molar-refractivity contribution in [3.05, 3.63) is 84.1 Å². The third-order valence-corrected chi connectivity index (χ3v) is 9.68. The Balaban J connectivity index is 1.19. The fraction of sp³-hybridized carbons (Fsp3) is 0.513. The van der Waals surface area contributed by atoms with Crippen molar-refractivity contribution in [2.24, 2.45) is 5.92 Å². The molecule has 1 aliphatic carbocycles. The molecular formula is C39H49N7O4. The number of methoxy groups -OCH3 is 1. The zero-order valence-corrected chi connectivity index (χ0v) is 29.9. The van der Waals surface area contributed by atoms with E-state index in [4.69, 9.17) is 34.1 Å². The third-order valence-electron chi connectivity index (χ3n) is 9.68. The molecule has 1 atom stereocenters. The Morgan fingerprint density at radius 2 is 1.64 bits per heavy atom. The number of anilines is 1. The first-order valence-corrected chi connectivity index (χ1v) is 17.8. The summed E-state index contributed by atoms with van der Waals surface area (Å²) < 4.78 is 17.1. The van der Waals surface area contributed by atoms with E-state index in [0.717, 1.165) is 66.9 Å². The van der Waals surface area contributed by atoms with Crippen molar-refractivity contribution in [2.75, 3.05) is 31.8 Å². The fourth-order valence-corrected chi connectivity index (χ4v) is 6.70. The SMILES string of the molecule is CCc1ncc(-c2cnc(N(C(=O)C[C@H](COC)c3ccccc3)C3CCC(Cc4ncc(C(C)(C)C)c(OC5COC5)n4)CC3)cn2)cn1. The lowest BCUT2D eigenvalue weighted by Crippen LogP contribution is -2.44. The molecule has 4 aromatic rings. The molecule has 0 unspecified atom stereocenters. The van der Waals surface area contributed by atoms with E-state index in [9.17, 15) is 4.79 Å². The molecule has 0 bridgehead atoms. The van der Waals surface area contributed by atoms with Gasteiger partial charge in [-0.2, -0.15) is 4.98 Å². The van der Waals surface area contributed by atoms with Gasteiger partial charge < -0.3 is 14.2 Å². The highest BCUT2D eigenvalue weighted by Crippen LogP contribution is 2.35. The molecule has 1 saturated heterocycles. The maximum Gasteiger partial charge on any atom is 0.229 e. The number of nitrogens with zero attached hydrogens (tertiary/aromatic N) is 7. The van der Waals surface area contributed by atoms with Crippen LogP contribution in [0.4, 0.5) is 5.82 Å². The smallest absolute Gasteiger partial charge is 0.229 e. The number of hydrogen-bond donors (Lipinski definition) is 0. The zero-order valence-electron chi connectivity index (χ0n) is 29.9. The van der Waals surface area contributed by atoms with Gasteiger partial charge in [0.2, 0.25) is 11.8 Å². The Hall–Kier alpha value is -4.35. The van der Waals surface area contributed by atoms with Gasteiger partial charge in [-0.05, 0) is 42.6 Å². The van der Waals surface area contributed by atoms with Crippen molar-refractivity contribution in [3.8, 4) is 17.1 Å². The van der Waals surface area contributed by atoms with Crippen molar-refractivity contribution in [2.45, 2.75) is 96.1 Å². The number of carbonyl (C=O) groups excluding carboxylic acids is 1. The van der Waals surface area contributed by atoms with Gasteiger partial charge in [0.1, 0.15) is 17.8 Å². The van der Waals surface area contributed by atoms with Gasteiger partial charge in [0.05, 0.1) is 37.9 Å². The molecule has 1 saturated carbocycles. The molecule has 2 aliphatic rings. The third kappa shape index (κ3) is 8.68. The van der Waals surface area contributed by atoms with Gasteiger partial charge in [-0.1, -0.05) is 58.0 Å². The van der Waals surface area contributed by atoms with Crippen molar-refractivity contribution in [3.63, 3.8) is 0 Å². The molecule has 0 N–H and O–H groups in total. The van der Waals surface area contributed by atoms with E-state index in [1.807, 2.05) is 36.2 Å². The molecule has 2 fully saturated rings. The molecule has 1 aliphatic heterocycles. The van der Waals surface area contributed by atoms with E-state index in [2.05, 4.69) is 42.9 Å². The molecule has 4 heterocycles. The largest absolute Gasteiger partial charge is 0.469 e. The average Bonchev–Trinajstić information content (AvgIpc) is 3.11. The number of hydrogen-bond acceptors (Lipinski definition) is 10. The van der Waals surface area contributed by atoms with Crippen LogP contribution in [0.5, 0.6) is 5.88 Å². The molecule has 0 spiro atoms. The number of aryl methyl sites for hydroxylation is 1. The molecule has 264 valence electrons. The van der Waals surface area contributed by atoms with Crippen molar-refractivity contribution in [1.29, 1.82) is 0 Å². The highest BCUT2D eigenvalue weighted by Gasteiger charge is 2.33. The van der Waals surface area contributed by atoms with Crippen LogP contribution in [0, 0.1) is 5.92 Å². The Morgan fingerprint density at radius 3 is 2.24 bits per heavy atom. The molecule has 11 nitrogen and oxygen atoms in total. The summed E-state index contributed by atoms with van der Waals surface area (Å²) in [6.45, 7) is 10.1. The van der Waals surface area contributed by atoms with E-state index >= 15 is 0 Å². The van der Waals surface area contributed by atoms with Crippen LogP contribution in [0.1, 0.15) is 88.5 Å². The first-order chi connectivity index (χ1) is 24.2. The van der Waals surface area contributed by atoms with Crippen LogP contribution in [0.15, 0.2) is 61.3 Å². The summed E-state index contributed by atoms with van der Waals surface area (Å²) in [5.41, 5.74) is 3.40. The van der Waals surface area contributed by atoms with Crippen molar-refractivity contribution in [1.82, 2.24) is 29.9 Å². The highest BCUT2D eigenvalue weighted by atomic mass is 16.6. The van der Waals surface area contributed by atoms with E-state index in [1.54, 1.807) is 31.9 Å². The lowest BCUT2D eigenvalue weighted by molar-refractivity contribution is -0.120. The van der Waals surface area contributed by atoms with Crippen molar-refractivity contribution >= 4 is 11.7 Å². The second-order valence-corrected chi connectivity index (χ2v) is 14.4. The number of amides is 1. The van der Waals surface area contributed by atoms with Gasteiger partial charge in [-0.25, -0.2) is 19.9 Å². The maximum absolute atomic E-state index is 14.3. The van der Waals surface area contributed by atoms with Crippen LogP contribution < -0.4 is 9.64 Å². The Morgan fingerprint density at radius 1 is 0.920 bits per heavy atom. The first-order valence-electron chi connectivity index (χ1n) is 17.8. The Labute approximate surface area is 295 Å². The number of rotatable bonds is 13. The maximum atomic E-state index is 14.3. The molecule has 11 heteroatoms. The minimum Gasteiger partial charge on any atom is -0.469 e. The molecule has 3 aromatic heterocycles. The standard InChI is InChI=1S/C39H49N7O4/c1-6-34-41-18-29(19-42-34)33-21-44-36(22-40-33)46(37(47)17-28(23-48-5)27-10-8-7-9-11-27)30-14-12-26(13-15-30)16-35-43-20-32(39(2,3)4)38(45-35)50-31-24-49-25-31/h7-11,18-22,26,28,30-31H,6,12-17,23-25H2,1-5H3/t26?,28-,30?/m1/s1. The summed E-state index contributed by atoms with van der Waals surface area (Å²) in [5, 5.41) is 0. The van der Waals surface area contributed by atoms with Gasteiger partial charge in [0.25, 0.3) is 0 Å². The quantitative estimate of drug-likeness (QED) is 0.159. The van der Waals surface area contributed by atoms with Crippen LogP contribution in [-0.2, 0) is 32.5 Å². The molecular weight excluding hydrogens is 630 g/mol. The van der Waals surface area contributed by atoms with E-state index < -0.39 is 0 Å². The van der Waals surface area contributed by atoms with Crippen LogP contribution in [0.25, 0.3) is 11.3 Å². The summed E-state index contributed by atoms with van der Waals surface area (Å²) in [7, 11) is 1.68. The van der Waals surface area contributed by atoms with E-state index in [0.29, 0.717) is 49.6 Å². The number of ether oxygens (including phenoxy) is 3. The molecule has 1 amide bonds. The molecule has 50 heavy (non-hydrogen) atoms. The topological polar surface area (TPSA) is 125 Å². The van der Waals surface area contributed by atoms with Gasteiger partial charge in [0.15, 0.2) is 5.82 Å². The van der Waals surface area contributed by atoms with Crippen LogP contribution in [0.3, 0.4) is 0 Å².